The average molecular weight is 515 g/mol. The van der Waals surface area contributed by atoms with Gasteiger partial charge in [0.15, 0.2) is 12.6 Å². The maximum atomic E-state index is 13.0. The molecule has 2 aliphatic carbocycles. The number of hydrogen-bond acceptors (Lipinski definition) is 8. The van der Waals surface area contributed by atoms with Gasteiger partial charge in [-0.25, -0.2) is 4.79 Å². The molecule has 8 heteroatoms. The van der Waals surface area contributed by atoms with Crippen molar-refractivity contribution in [3.05, 3.63) is 70.8 Å². The summed E-state index contributed by atoms with van der Waals surface area (Å²) in [5.74, 6) is -1.72. The Morgan fingerprint density at radius 1 is 1.11 bits per heavy atom. The number of rotatable bonds is 5. The van der Waals surface area contributed by atoms with Crippen molar-refractivity contribution >= 4 is 5.97 Å². The fourth-order valence-electron chi connectivity index (χ4n) is 4.85. The Morgan fingerprint density at radius 2 is 1.89 bits per heavy atom. The van der Waals surface area contributed by atoms with E-state index in [0.29, 0.717) is 26.1 Å². The van der Waals surface area contributed by atoms with Crippen molar-refractivity contribution in [3.8, 4) is 0 Å². The lowest BCUT2D eigenvalue weighted by Gasteiger charge is -2.42. The lowest BCUT2D eigenvalue weighted by atomic mass is 9.93. The third kappa shape index (κ3) is 7.23. The molecule has 2 unspecified atom stereocenters. The number of carbonyl (C=O) groups excluding carboxylic acids is 1. The van der Waals surface area contributed by atoms with Crippen LogP contribution in [0, 0.1) is 0 Å². The summed E-state index contributed by atoms with van der Waals surface area (Å²) in [4.78, 5) is 13.0. The Hall–Kier alpha value is -2.65. The topological polar surface area (TPSA) is 104 Å². The van der Waals surface area contributed by atoms with Crippen molar-refractivity contribution in [2.75, 3.05) is 20.3 Å². The molecule has 37 heavy (non-hydrogen) atoms. The average Bonchev–Trinajstić information content (AvgIpc) is 2.91. The van der Waals surface area contributed by atoms with E-state index >= 15 is 0 Å². The summed E-state index contributed by atoms with van der Waals surface area (Å²) in [6.45, 7) is 0.747. The molecule has 2 heterocycles. The highest BCUT2D eigenvalue weighted by atomic mass is 16.8. The Bertz CT molecular complexity index is 993. The van der Waals surface area contributed by atoms with E-state index in [9.17, 15) is 15.0 Å². The van der Waals surface area contributed by atoms with Crippen LogP contribution in [0.15, 0.2) is 70.8 Å². The summed E-state index contributed by atoms with van der Waals surface area (Å²) < 4.78 is 28.4. The SMILES string of the molecule is COC1OC2(CCCCC2)OC(=O)\C1=C/C=C(/C=C/C1=C(\O)OCCCCCOC1O)C1=CCCC=C1. The van der Waals surface area contributed by atoms with Gasteiger partial charge in [-0.2, -0.15) is 0 Å². The second-order valence-corrected chi connectivity index (χ2v) is 9.66. The Morgan fingerprint density at radius 3 is 2.65 bits per heavy atom. The highest BCUT2D eigenvalue weighted by molar-refractivity contribution is 5.90. The number of esters is 1. The van der Waals surface area contributed by atoms with Gasteiger partial charge < -0.3 is 33.9 Å². The molecule has 0 radical (unpaired) electrons. The molecule has 1 spiro atoms. The molecule has 8 nitrogen and oxygen atoms in total. The molecular weight excluding hydrogens is 476 g/mol. The maximum absolute atomic E-state index is 13.0. The number of aliphatic hydroxyl groups excluding tert-OH is 2. The zero-order valence-corrected chi connectivity index (χ0v) is 21.5. The molecule has 0 aromatic heterocycles. The molecule has 0 bridgehead atoms. The molecular formula is C29H38O8. The van der Waals surface area contributed by atoms with Crippen LogP contribution in [0.1, 0.15) is 64.2 Å². The van der Waals surface area contributed by atoms with E-state index in [-0.39, 0.29) is 17.1 Å². The molecule has 2 fully saturated rings. The summed E-state index contributed by atoms with van der Waals surface area (Å²) in [6.07, 6.45) is 19.4. The lowest BCUT2D eigenvalue weighted by Crippen LogP contribution is -2.49. The van der Waals surface area contributed by atoms with Crippen molar-refractivity contribution in [1.82, 2.24) is 0 Å². The summed E-state index contributed by atoms with van der Waals surface area (Å²) in [5.41, 5.74) is 2.11. The van der Waals surface area contributed by atoms with Crippen LogP contribution in [0.2, 0.25) is 0 Å². The largest absolute Gasteiger partial charge is 0.481 e. The highest BCUT2D eigenvalue weighted by Gasteiger charge is 2.46. The summed E-state index contributed by atoms with van der Waals surface area (Å²) in [6, 6.07) is 0. The first kappa shape index (κ1) is 27.4. The first-order valence-electron chi connectivity index (χ1n) is 13.3. The quantitative estimate of drug-likeness (QED) is 0.294. The predicted octanol–water partition coefficient (Wildman–Crippen LogP) is 5.18. The van der Waals surface area contributed by atoms with E-state index in [2.05, 4.69) is 12.2 Å². The van der Waals surface area contributed by atoms with Gasteiger partial charge in [-0.05, 0) is 68.2 Å². The van der Waals surface area contributed by atoms with Gasteiger partial charge >= 0.3 is 5.97 Å². The smallest absolute Gasteiger partial charge is 0.341 e. The van der Waals surface area contributed by atoms with Gasteiger partial charge in [0.2, 0.25) is 5.79 Å². The maximum Gasteiger partial charge on any atom is 0.341 e. The van der Waals surface area contributed by atoms with Gasteiger partial charge in [-0.15, -0.1) is 0 Å². The van der Waals surface area contributed by atoms with Crippen molar-refractivity contribution in [1.29, 1.82) is 0 Å². The fourth-order valence-corrected chi connectivity index (χ4v) is 4.85. The molecule has 1 saturated carbocycles. The van der Waals surface area contributed by atoms with Crippen molar-refractivity contribution in [2.45, 2.75) is 82.6 Å². The van der Waals surface area contributed by atoms with Gasteiger partial charge in [-0.3, -0.25) is 0 Å². The van der Waals surface area contributed by atoms with Crippen LogP contribution in [0.3, 0.4) is 0 Å². The Balaban J connectivity index is 1.62. The van der Waals surface area contributed by atoms with E-state index in [4.69, 9.17) is 23.7 Å². The molecule has 4 aliphatic rings. The van der Waals surface area contributed by atoms with E-state index in [1.807, 2.05) is 6.08 Å². The summed E-state index contributed by atoms with van der Waals surface area (Å²) in [5, 5.41) is 21.0. The van der Waals surface area contributed by atoms with E-state index in [1.165, 1.54) is 7.11 Å². The van der Waals surface area contributed by atoms with Crippen LogP contribution in [0.4, 0.5) is 0 Å². The van der Waals surface area contributed by atoms with Crippen LogP contribution < -0.4 is 0 Å². The van der Waals surface area contributed by atoms with Gasteiger partial charge in [-0.1, -0.05) is 36.8 Å². The second-order valence-electron chi connectivity index (χ2n) is 9.66. The highest BCUT2D eigenvalue weighted by Crippen LogP contribution is 2.39. The van der Waals surface area contributed by atoms with Crippen LogP contribution in [-0.2, 0) is 28.5 Å². The molecule has 0 aromatic carbocycles. The van der Waals surface area contributed by atoms with Gasteiger partial charge in [0.1, 0.15) is 0 Å². The molecule has 0 aromatic rings. The predicted molar refractivity (Wildman–Crippen MR) is 137 cm³/mol. The van der Waals surface area contributed by atoms with Crippen LogP contribution in [0.5, 0.6) is 0 Å². The first-order chi connectivity index (χ1) is 18.0. The van der Waals surface area contributed by atoms with E-state index in [1.54, 1.807) is 24.3 Å². The molecule has 1 saturated heterocycles. The van der Waals surface area contributed by atoms with Crippen LogP contribution in [0.25, 0.3) is 0 Å². The minimum Gasteiger partial charge on any atom is -0.481 e. The zero-order chi connectivity index (χ0) is 26.1. The van der Waals surface area contributed by atoms with E-state index < -0.39 is 24.3 Å². The van der Waals surface area contributed by atoms with Crippen molar-refractivity contribution < 1.29 is 38.7 Å². The second kappa shape index (κ2) is 13.2. The molecule has 2 atom stereocenters. The van der Waals surface area contributed by atoms with Crippen molar-refractivity contribution in [3.63, 3.8) is 0 Å². The summed E-state index contributed by atoms with van der Waals surface area (Å²) >= 11 is 0. The zero-order valence-electron chi connectivity index (χ0n) is 21.5. The van der Waals surface area contributed by atoms with Crippen LogP contribution in [-0.4, -0.2) is 54.9 Å². The third-order valence-electron chi connectivity index (χ3n) is 6.95. The standard InChI is InChI=1S/C29H38O8/c1-33-28-24(27(32)36-29(37-28)17-7-3-8-18-29)16-14-22(21-11-5-2-6-12-21)13-15-23-25(30)34-19-9-4-10-20-35-26(23)31/h5,11-16,25,28,30-31H,2-4,6-10,17-20H2,1H3/b15-13+,22-14-,24-16+,26-23-. The minimum atomic E-state index is -1.32. The molecule has 0 amide bonds. The van der Waals surface area contributed by atoms with Crippen molar-refractivity contribution in [2.24, 2.45) is 0 Å². The first-order valence-corrected chi connectivity index (χ1v) is 13.3. The Kier molecular flexibility index (Phi) is 9.80. The van der Waals surface area contributed by atoms with E-state index in [0.717, 1.165) is 62.5 Å². The van der Waals surface area contributed by atoms with Gasteiger partial charge in [0, 0.05) is 20.0 Å². The fraction of sp³-hybridized carbons (Fsp3) is 0.552. The molecule has 202 valence electrons. The van der Waals surface area contributed by atoms with Gasteiger partial charge in [0.25, 0.3) is 5.95 Å². The monoisotopic (exact) mass is 514 g/mol. The summed E-state index contributed by atoms with van der Waals surface area (Å²) in [7, 11) is 1.51. The number of hydrogen-bond donors (Lipinski definition) is 2. The van der Waals surface area contributed by atoms with Gasteiger partial charge in [0.05, 0.1) is 24.4 Å². The Labute approximate surface area is 218 Å². The third-order valence-corrected chi connectivity index (χ3v) is 6.95. The minimum absolute atomic E-state index is 0.134. The molecule has 2 aliphatic heterocycles. The molecule has 4 rings (SSSR count). The number of allylic oxidation sites excluding steroid dienone is 8. The number of carbonyl (C=O) groups is 1. The lowest BCUT2D eigenvalue weighted by molar-refractivity contribution is -0.310. The number of aliphatic hydroxyl groups is 2. The van der Waals surface area contributed by atoms with Crippen LogP contribution >= 0.6 is 0 Å². The molecule has 2 N–H and O–H groups in total. The normalized spacial score (nSPS) is 30.8. The number of methoxy groups -OCH3 is 1. The number of ether oxygens (including phenoxy) is 5.